The summed E-state index contributed by atoms with van der Waals surface area (Å²) in [6, 6.07) is 0.674. The first-order valence-electron chi connectivity index (χ1n) is 7.64. The molecule has 2 N–H and O–H groups in total. The van der Waals surface area contributed by atoms with Gasteiger partial charge in [0.05, 0.1) is 6.61 Å². The van der Waals surface area contributed by atoms with E-state index in [0.717, 1.165) is 24.7 Å². The molecule has 0 spiro atoms. The predicted molar refractivity (Wildman–Crippen MR) is 75.7 cm³/mol. The molecule has 0 aromatic carbocycles. The van der Waals surface area contributed by atoms with Gasteiger partial charge in [-0.05, 0) is 57.5 Å². The van der Waals surface area contributed by atoms with Crippen molar-refractivity contribution in [3.8, 4) is 0 Å². The lowest BCUT2D eigenvalue weighted by Crippen LogP contribution is -2.56. The number of aliphatic hydroxyl groups is 1. The number of rotatable bonds is 3. The summed E-state index contributed by atoms with van der Waals surface area (Å²) < 4.78 is 0. The van der Waals surface area contributed by atoms with Gasteiger partial charge in [0.1, 0.15) is 0 Å². The molecular weight excluding hydrogens is 224 g/mol. The van der Waals surface area contributed by atoms with Crippen molar-refractivity contribution < 1.29 is 5.11 Å². The Morgan fingerprint density at radius 3 is 2.67 bits per heavy atom. The fourth-order valence-corrected chi connectivity index (χ4v) is 3.72. The molecule has 1 saturated carbocycles. The average molecular weight is 254 g/mol. The van der Waals surface area contributed by atoms with Gasteiger partial charge in [-0.25, -0.2) is 0 Å². The molecular formula is C15H30N2O. The van der Waals surface area contributed by atoms with Crippen molar-refractivity contribution in [2.45, 2.75) is 57.5 Å². The minimum Gasteiger partial charge on any atom is -0.394 e. The normalized spacial score (nSPS) is 43.0. The monoisotopic (exact) mass is 254 g/mol. The highest BCUT2D eigenvalue weighted by Gasteiger charge is 2.38. The van der Waals surface area contributed by atoms with E-state index in [2.05, 4.69) is 24.1 Å². The molecule has 0 bridgehead atoms. The van der Waals surface area contributed by atoms with E-state index in [9.17, 15) is 5.11 Å². The van der Waals surface area contributed by atoms with Crippen LogP contribution in [0.5, 0.6) is 0 Å². The summed E-state index contributed by atoms with van der Waals surface area (Å²) in [5, 5.41) is 13.1. The maximum Gasteiger partial charge on any atom is 0.0613 e. The Hall–Kier alpha value is -0.120. The molecule has 3 heteroatoms. The number of nitrogens with one attached hydrogen (secondary N) is 1. The van der Waals surface area contributed by atoms with Crippen molar-refractivity contribution in [3.63, 3.8) is 0 Å². The summed E-state index contributed by atoms with van der Waals surface area (Å²) in [6.07, 6.45) is 6.12. The molecule has 0 aromatic heterocycles. The molecule has 0 aromatic rings. The second-order valence-electron chi connectivity index (χ2n) is 6.68. The minimum absolute atomic E-state index is 0.0186. The van der Waals surface area contributed by atoms with Crippen molar-refractivity contribution in [2.75, 3.05) is 26.7 Å². The molecule has 1 saturated heterocycles. The molecule has 18 heavy (non-hydrogen) atoms. The van der Waals surface area contributed by atoms with Crippen LogP contribution in [0.2, 0.25) is 0 Å². The van der Waals surface area contributed by atoms with Gasteiger partial charge in [-0.1, -0.05) is 13.8 Å². The van der Waals surface area contributed by atoms with Crippen molar-refractivity contribution in [2.24, 2.45) is 11.8 Å². The molecule has 1 aliphatic heterocycles. The summed E-state index contributed by atoms with van der Waals surface area (Å²) in [4.78, 5) is 2.69. The summed E-state index contributed by atoms with van der Waals surface area (Å²) in [7, 11) is 2.00. The van der Waals surface area contributed by atoms with Gasteiger partial charge < -0.3 is 15.3 Å². The van der Waals surface area contributed by atoms with E-state index in [-0.39, 0.29) is 12.1 Å². The summed E-state index contributed by atoms with van der Waals surface area (Å²) >= 11 is 0. The fraction of sp³-hybridized carbons (Fsp3) is 1.00. The summed E-state index contributed by atoms with van der Waals surface area (Å²) in [6.45, 7) is 7.55. The number of piperidine rings is 1. The molecule has 4 atom stereocenters. The van der Waals surface area contributed by atoms with Crippen molar-refractivity contribution in [1.82, 2.24) is 10.2 Å². The fourth-order valence-electron chi connectivity index (χ4n) is 3.72. The van der Waals surface area contributed by atoms with Crippen LogP contribution in [-0.2, 0) is 0 Å². The van der Waals surface area contributed by atoms with E-state index >= 15 is 0 Å². The first kappa shape index (κ1) is 14.3. The zero-order valence-corrected chi connectivity index (χ0v) is 12.3. The Labute approximate surface area is 112 Å². The second kappa shape index (κ2) is 5.89. The Balaban J connectivity index is 1.96. The Kier molecular flexibility index (Phi) is 4.68. The molecule has 3 nitrogen and oxygen atoms in total. The van der Waals surface area contributed by atoms with Gasteiger partial charge in [0.15, 0.2) is 0 Å². The molecule has 1 heterocycles. The SMILES string of the molecule is CNC1(CO)CCCC(N2CCC(C)C(C)C2)C1. The lowest BCUT2D eigenvalue weighted by molar-refractivity contribution is 0.0317. The van der Waals surface area contributed by atoms with Crippen LogP contribution in [0.1, 0.15) is 46.0 Å². The number of hydrogen-bond donors (Lipinski definition) is 2. The third-order valence-corrected chi connectivity index (χ3v) is 5.53. The van der Waals surface area contributed by atoms with E-state index in [1.54, 1.807) is 0 Å². The van der Waals surface area contributed by atoms with E-state index in [4.69, 9.17) is 0 Å². The first-order chi connectivity index (χ1) is 8.60. The van der Waals surface area contributed by atoms with Crippen molar-refractivity contribution in [3.05, 3.63) is 0 Å². The standard InChI is InChI=1S/C15H30N2O/c1-12-6-8-17(10-13(12)2)14-5-4-7-15(9-14,11-18)16-3/h12-14,16,18H,4-11H2,1-3H3. The van der Waals surface area contributed by atoms with E-state index in [0.29, 0.717) is 6.04 Å². The second-order valence-corrected chi connectivity index (χ2v) is 6.68. The van der Waals surface area contributed by atoms with E-state index in [1.165, 1.54) is 32.4 Å². The first-order valence-corrected chi connectivity index (χ1v) is 7.64. The molecule has 0 amide bonds. The van der Waals surface area contributed by atoms with E-state index in [1.807, 2.05) is 7.05 Å². The summed E-state index contributed by atoms with van der Waals surface area (Å²) in [5.74, 6) is 1.69. The third kappa shape index (κ3) is 2.89. The van der Waals surface area contributed by atoms with Gasteiger partial charge in [-0.3, -0.25) is 0 Å². The van der Waals surface area contributed by atoms with Gasteiger partial charge in [0.25, 0.3) is 0 Å². The third-order valence-electron chi connectivity index (χ3n) is 5.53. The van der Waals surface area contributed by atoms with Crippen LogP contribution in [0.3, 0.4) is 0 Å². The van der Waals surface area contributed by atoms with Crippen LogP contribution < -0.4 is 5.32 Å². The zero-order valence-electron chi connectivity index (χ0n) is 12.3. The maximum absolute atomic E-state index is 9.67. The quantitative estimate of drug-likeness (QED) is 0.807. The Morgan fingerprint density at radius 1 is 1.28 bits per heavy atom. The summed E-state index contributed by atoms with van der Waals surface area (Å²) in [5.41, 5.74) is -0.0186. The Bertz CT molecular complexity index is 265. The maximum atomic E-state index is 9.67. The lowest BCUT2D eigenvalue weighted by Gasteiger charge is -2.47. The largest absolute Gasteiger partial charge is 0.394 e. The van der Waals surface area contributed by atoms with Crippen molar-refractivity contribution >= 4 is 0 Å². The number of likely N-dealkylation sites (tertiary alicyclic amines) is 1. The molecule has 2 aliphatic rings. The Morgan fingerprint density at radius 2 is 2.06 bits per heavy atom. The predicted octanol–water partition coefficient (Wildman–Crippen LogP) is 1.86. The van der Waals surface area contributed by atoms with Crippen LogP contribution in [0.15, 0.2) is 0 Å². The number of nitrogens with zero attached hydrogens (tertiary/aromatic N) is 1. The molecule has 2 rings (SSSR count). The molecule has 1 aliphatic carbocycles. The van der Waals surface area contributed by atoms with Gasteiger partial charge in [0, 0.05) is 18.1 Å². The van der Waals surface area contributed by atoms with Crippen molar-refractivity contribution in [1.29, 1.82) is 0 Å². The molecule has 0 radical (unpaired) electrons. The van der Waals surface area contributed by atoms with Gasteiger partial charge in [0.2, 0.25) is 0 Å². The lowest BCUT2D eigenvalue weighted by atomic mass is 9.77. The van der Waals surface area contributed by atoms with Crippen LogP contribution in [0, 0.1) is 11.8 Å². The van der Waals surface area contributed by atoms with Gasteiger partial charge in [-0.15, -0.1) is 0 Å². The molecule has 106 valence electrons. The highest BCUT2D eigenvalue weighted by atomic mass is 16.3. The van der Waals surface area contributed by atoms with Crippen LogP contribution in [0.4, 0.5) is 0 Å². The van der Waals surface area contributed by atoms with Crippen LogP contribution >= 0.6 is 0 Å². The van der Waals surface area contributed by atoms with Gasteiger partial charge >= 0.3 is 0 Å². The number of aliphatic hydroxyl groups excluding tert-OH is 1. The number of likely N-dealkylation sites (N-methyl/N-ethyl adjacent to an activating group) is 1. The molecule has 2 fully saturated rings. The minimum atomic E-state index is -0.0186. The topological polar surface area (TPSA) is 35.5 Å². The average Bonchev–Trinajstić information content (AvgIpc) is 2.42. The smallest absolute Gasteiger partial charge is 0.0613 e. The molecule has 4 unspecified atom stereocenters. The van der Waals surface area contributed by atoms with Crippen LogP contribution in [0.25, 0.3) is 0 Å². The van der Waals surface area contributed by atoms with E-state index < -0.39 is 0 Å². The van der Waals surface area contributed by atoms with Crippen LogP contribution in [-0.4, -0.2) is 48.3 Å². The highest BCUT2D eigenvalue weighted by Crippen LogP contribution is 2.34. The zero-order chi connectivity index (χ0) is 13.2. The number of hydrogen-bond acceptors (Lipinski definition) is 3. The van der Waals surface area contributed by atoms with Gasteiger partial charge in [-0.2, -0.15) is 0 Å². The highest BCUT2D eigenvalue weighted by molar-refractivity contribution is 4.96.